The van der Waals surface area contributed by atoms with E-state index in [1.165, 1.54) is 5.56 Å². The number of halogens is 1. The Hall–Kier alpha value is -1.29. The molecule has 0 amide bonds. The highest BCUT2D eigenvalue weighted by Gasteiger charge is 2.15. The Bertz CT molecular complexity index is 561. The molecule has 0 unspecified atom stereocenters. The molecule has 17 heavy (non-hydrogen) atoms. The van der Waals surface area contributed by atoms with Gasteiger partial charge in [-0.15, -0.1) is 0 Å². The lowest BCUT2D eigenvalue weighted by Crippen LogP contribution is -1.93. The van der Waals surface area contributed by atoms with Gasteiger partial charge in [-0.1, -0.05) is 6.07 Å². The quantitative estimate of drug-likeness (QED) is 0.915. The van der Waals surface area contributed by atoms with Crippen LogP contribution in [-0.2, 0) is 0 Å². The topological polar surface area (TPSA) is 37.9 Å². The summed E-state index contributed by atoms with van der Waals surface area (Å²) in [6.07, 6.45) is 0. The predicted octanol–water partition coefficient (Wildman–Crippen LogP) is 3.77. The molecule has 2 rings (SSSR count). The molecule has 0 saturated heterocycles. The van der Waals surface area contributed by atoms with Crippen molar-refractivity contribution in [2.75, 3.05) is 7.11 Å². The van der Waals surface area contributed by atoms with Crippen molar-refractivity contribution in [3.8, 4) is 17.0 Å². The largest absolute Gasteiger partial charge is 0.496 e. The van der Waals surface area contributed by atoms with Gasteiger partial charge in [0.1, 0.15) is 21.9 Å². The number of benzene rings is 1. The maximum atomic E-state index is 5.48. The van der Waals surface area contributed by atoms with Crippen molar-refractivity contribution >= 4 is 15.9 Å². The fourth-order valence-electron chi connectivity index (χ4n) is 2.04. The van der Waals surface area contributed by atoms with Gasteiger partial charge in [-0.05, 0) is 53.9 Å². The van der Waals surface area contributed by atoms with Crippen LogP contribution >= 0.6 is 15.9 Å². The number of nitrogens with one attached hydrogen (secondary N) is 1. The Kier molecular flexibility index (Phi) is 3.24. The number of hydrogen-bond donors (Lipinski definition) is 1. The molecule has 0 aliphatic rings. The summed E-state index contributed by atoms with van der Waals surface area (Å²) >= 11 is 3.49. The molecule has 2 aromatic rings. The third kappa shape index (κ3) is 2.22. The molecule has 0 radical (unpaired) electrons. The molecule has 0 aliphatic carbocycles. The number of aromatic amines is 1. The van der Waals surface area contributed by atoms with Gasteiger partial charge in [0.25, 0.3) is 0 Å². The maximum absolute atomic E-state index is 5.48. The summed E-state index contributed by atoms with van der Waals surface area (Å²) in [7, 11) is 1.69. The second-order valence-electron chi connectivity index (χ2n) is 4.15. The first kappa shape index (κ1) is 12.2. The number of aromatic nitrogens is 2. The Labute approximate surface area is 109 Å². The smallest absolute Gasteiger partial charge is 0.131 e. The first-order chi connectivity index (χ1) is 8.02. The van der Waals surface area contributed by atoms with E-state index in [0.717, 1.165) is 33.0 Å². The lowest BCUT2D eigenvalue weighted by molar-refractivity contribution is 0.413. The first-order valence-corrected chi connectivity index (χ1v) is 6.20. The number of methoxy groups -OCH3 is 1. The Morgan fingerprint density at radius 1 is 1.24 bits per heavy atom. The number of H-pyrrole nitrogens is 1. The average molecular weight is 295 g/mol. The first-order valence-electron chi connectivity index (χ1n) is 5.40. The zero-order valence-corrected chi connectivity index (χ0v) is 12.0. The molecule has 0 spiro atoms. The van der Waals surface area contributed by atoms with Gasteiger partial charge in [-0.3, -0.25) is 0 Å². The zero-order valence-electron chi connectivity index (χ0n) is 10.4. The normalized spacial score (nSPS) is 10.6. The van der Waals surface area contributed by atoms with E-state index >= 15 is 0 Å². The summed E-state index contributed by atoms with van der Waals surface area (Å²) in [5.41, 5.74) is 4.23. The van der Waals surface area contributed by atoms with Crippen LogP contribution in [-0.4, -0.2) is 17.1 Å². The van der Waals surface area contributed by atoms with Crippen LogP contribution in [0.2, 0.25) is 0 Å². The maximum Gasteiger partial charge on any atom is 0.131 e. The van der Waals surface area contributed by atoms with Gasteiger partial charge >= 0.3 is 0 Å². The molecule has 1 heterocycles. The Morgan fingerprint density at radius 2 is 1.94 bits per heavy atom. The molecule has 0 saturated carbocycles. The minimum atomic E-state index is 0.878. The summed E-state index contributed by atoms with van der Waals surface area (Å²) in [6, 6.07) is 4.20. The van der Waals surface area contributed by atoms with Gasteiger partial charge in [-0.2, -0.15) is 0 Å². The van der Waals surface area contributed by atoms with E-state index in [2.05, 4.69) is 45.0 Å². The number of aryl methyl sites for hydroxylation is 3. The fourth-order valence-corrected chi connectivity index (χ4v) is 2.63. The minimum absolute atomic E-state index is 0.878. The highest BCUT2D eigenvalue weighted by molar-refractivity contribution is 9.10. The van der Waals surface area contributed by atoms with Crippen molar-refractivity contribution in [2.24, 2.45) is 0 Å². The Morgan fingerprint density at radius 3 is 2.47 bits per heavy atom. The van der Waals surface area contributed by atoms with Gasteiger partial charge in [0.2, 0.25) is 0 Å². The van der Waals surface area contributed by atoms with E-state index < -0.39 is 0 Å². The number of imidazole rings is 1. The fraction of sp³-hybridized carbons (Fsp3) is 0.308. The predicted molar refractivity (Wildman–Crippen MR) is 72.5 cm³/mol. The molecular weight excluding hydrogens is 280 g/mol. The van der Waals surface area contributed by atoms with Crippen LogP contribution in [0.4, 0.5) is 0 Å². The van der Waals surface area contributed by atoms with Gasteiger partial charge in [0, 0.05) is 5.56 Å². The monoisotopic (exact) mass is 294 g/mol. The van der Waals surface area contributed by atoms with Crippen LogP contribution in [0.5, 0.6) is 5.75 Å². The van der Waals surface area contributed by atoms with E-state index in [1.54, 1.807) is 7.11 Å². The summed E-state index contributed by atoms with van der Waals surface area (Å²) in [4.78, 5) is 7.64. The zero-order chi connectivity index (χ0) is 12.6. The lowest BCUT2D eigenvalue weighted by atomic mass is 10.0. The SMILES string of the molecule is COc1c(C)cc(C)cc1-c1nc(C)[nH]c1Br. The summed E-state index contributed by atoms with van der Waals surface area (Å²) in [6.45, 7) is 6.05. The number of rotatable bonds is 2. The average Bonchev–Trinajstić information content (AvgIpc) is 2.56. The molecule has 1 aromatic heterocycles. The lowest BCUT2D eigenvalue weighted by Gasteiger charge is -2.11. The molecule has 90 valence electrons. The standard InChI is InChI=1S/C13H15BrN2O/c1-7-5-8(2)12(17-4)10(6-7)11-13(14)16-9(3)15-11/h5-6H,1-4H3,(H,15,16). The van der Waals surface area contributed by atoms with Crippen LogP contribution in [0.1, 0.15) is 17.0 Å². The van der Waals surface area contributed by atoms with Gasteiger partial charge < -0.3 is 9.72 Å². The molecule has 0 bridgehead atoms. The van der Waals surface area contributed by atoms with Crippen LogP contribution in [0.3, 0.4) is 0 Å². The molecule has 0 aliphatic heterocycles. The van der Waals surface area contributed by atoms with E-state index in [0.29, 0.717) is 0 Å². The van der Waals surface area contributed by atoms with Crippen molar-refractivity contribution in [1.82, 2.24) is 9.97 Å². The highest BCUT2D eigenvalue weighted by Crippen LogP contribution is 2.36. The van der Waals surface area contributed by atoms with Crippen LogP contribution in [0.15, 0.2) is 16.7 Å². The van der Waals surface area contributed by atoms with E-state index in [9.17, 15) is 0 Å². The van der Waals surface area contributed by atoms with Gasteiger partial charge in [-0.25, -0.2) is 4.98 Å². The van der Waals surface area contributed by atoms with Crippen molar-refractivity contribution < 1.29 is 4.74 Å². The van der Waals surface area contributed by atoms with Crippen molar-refractivity contribution in [3.05, 3.63) is 33.7 Å². The molecule has 4 heteroatoms. The van der Waals surface area contributed by atoms with Gasteiger partial charge in [0.15, 0.2) is 0 Å². The molecule has 0 atom stereocenters. The minimum Gasteiger partial charge on any atom is -0.496 e. The van der Waals surface area contributed by atoms with Crippen molar-refractivity contribution in [2.45, 2.75) is 20.8 Å². The van der Waals surface area contributed by atoms with E-state index in [-0.39, 0.29) is 0 Å². The number of hydrogen-bond acceptors (Lipinski definition) is 2. The molecule has 1 N–H and O–H groups in total. The highest BCUT2D eigenvalue weighted by atomic mass is 79.9. The van der Waals surface area contributed by atoms with E-state index in [1.807, 2.05) is 13.8 Å². The molecule has 1 aromatic carbocycles. The van der Waals surface area contributed by atoms with Gasteiger partial charge in [0.05, 0.1) is 7.11 Å². The number of ether oxygens (including phenoxy) is 1. The second kappa shape index (κ2) is 4.53. The Balaban J connectivity index is 2.69. The van der Waals surface area contributed by atoms with Crippen LogP contribution in [0.25, 0.3) is 11.3 Å². The van der Waals surface area contributed by atoms with Crippen molar-refractivity contribution in [1.29, 1.82) is 0 Å². The molecular formula is C13H15BrN2O. The summed E-state index contributed by atoms with van der Waals surface area (Å²) < 4.78 is 6.36. The van der Waals surface area contributed by atoms with E-state index in [4.69, 9.17) is 4.74 Å². The van der Waals surface area contributed by atoms with Crippen LogP contribution < -0.4 is 4.74 Å². The third-order valence-corrected chi connectivity index (χ3v) is 3.23. The molecule has 0 fully saturated rings. The van der Waals surface area contributed by atoms with Crippen LogP contribution in [0, 0.1) is 20.8 Å². The second-order valence-corrected chi connectivity index (χ2v) is 4.94. The molecule has 3 nitrogen and oxygen atoms in total. The summed E-state index contributed by atoms with van der Waals surface area (Å²) in [5.74, 6) is 1.76. The number of nitrogens with zero attached hydrogens (tertiary/aromatic N) is 1. The third-order valence-electron chi connectivity index (χ3n) is 2.66. The summed E-state index contributed by atoms with van der Waals surface area (Å²) in [5, 5.41) is 0. The van der Waals surface area contributed by atoms with Crippen molar-refractivity contribution in [3.63, 3.8) is 0 Å².